The summed E-state index contributed by atoms with van der Waals surface area (Å²) in [7, 11) is 0. The van der Waals surface area contributed by atoms with Crippen molar-refractivity contribution in [1.29, 1.82) is 0 Å². The van der Waals surface area contributed by atoms with Gasteiger partial charge in [-0.15, -0.1) is 0 Å². The maximum Gasteiger partial charge on any atom is 0.164 e. The summed E-state index contributed by atoms with van der Waals surface area (Å²) in [6, 6.07) is 71.9. The first-order valence-corrected chi connectivity index (χ1v) is 21.2. The molecule has 3 heteroatoms. The molecule has 0 saturated heterocycles. The van der Waals surface area contributed by atoms with E-state index in [2.05, 4.69) is 164 Å². The van der Waals surface area contributed by atoms with Crippen molar-refractivity contribution in [3.8, 4) is 89.8 Å². The van der Waals surface area contributed by atoms with Crippen LogP contribution in [0.5, 0.6) is 0 Å². The van der Waals surface area contributed by atoms with Gasteiger partial charge in [0.25, 0.3) is 0 Å². The zero-order valence-corrected chi connectivity index (χ0v) is 33.4. The Morgan fingerprint density at radius 2 is 0.667 bits per heavy atom. The molecule has 1 heterocycles. The fourth-order valence-electron chi connectivity index (χ4n) is 9.83. The minimum absolute atomic E-state index is 0.100. The molecule has 1 aromatic heterocycles. The quantitative estimate of drug-likeness (QED) is 0.162. The lowest BCUT2D eigenvalue weighted by Crippen LogP contribution is -2.28. The van der Waals surface area contributed by atoms with Crippen LogP contribution in [-0.2, 0) is 5.41 Å². The van der Waals surface area contributed by atoms with E-state index in [-0.39, 0.29) is 5.41 Å². The van der Waals surface area contributed by atoms with E-state index >= 15 is 0 Å². The van der Waals surface area contributed by atoms with Crippen LogP contribution < -0.4 is 0 Å². The molecule has 0 amide bonds. The summed E-state index contributed by atoms with van der Waals surface area (Å²) in [5.74, 6) is 1.95. The lowest BCUT2D eigenvalue weighted by Gasteiger charge is -2.37. The highest BCUT2D eigenvalue weighted by atomic mass is 15.0. The molecule has 1 fully saturated rings. The highest BCUT2D eigenvalue weighted by Gasteiger charge is 2.45. The van der Waals surface area contributed by atoms with Crippen LogP contribution in [0, 0.1) is 0 Å². The van der Waals surface area contributed by atoms with Crippen molar-refractivity contribution in [1.82, 2.24) is 15.0 Å². The second kappa shape index (κ2) is 15.2. The van der Waals surface area contributed by atoms with Gasteiger partial charge >= 0.3 is 0 Å². The van der Waals surface area contributed by atoms with E-state index in [0.717, 1.165) is 27.8 Å². The maximum absolute atomic E-state index is 5.03. The van der Waals surface area contributed by atoms with Gasteiger partial charge in [-0.25, -0.2) is 15.0 Å². The molecule has 9 aromatic rings. The highest BCUT2D eigenvalue weighted by Crippen LogP contribution is 2.58. The molecule has 2 aliphatic rings. The third kappa shape index (κ3) is 6.44. The summed E-state index contributed by atoms with van der Waals surface area (Å²) < 4.78 is 0. The van der Waals surface area contributed by atoms with Gasteiger partial charge in [0, 0.05) is 22.1 Å². The molecule has 11 rings (SSSR count). The van der Waals surface area contributed by atoms with E-state index in [1.54, 1.807) is 5.56 Å². The van der Waals surface area contributed by atoms with Gasteiger partial charge in [-0.1, -0.05) is 207 Å². The largest absolute Gasteiger partial charge is 0.208 e. The zero-order valence-electron chi connectivity index (χ0n) is 33.4. The average molecular weight is 770 g/mol. The number of hydrogen-bond acceptors (Lipinski definition) is 3. The molecule has 0 aliphatic heterocycles. The first-order valence-electron chi connectivity index (χ1n) is 21.2. The van der Waals surface area contributed by atoms with Crippen LogP contribution in [0.25, 0.3) is 89.8 Å². The number of benzene rings is 8. The van der Waals surface area contributed by atoms with E-state index in [0.29, 0.717) is 17.5 Å². The summed E-state index contributed by atoms with van der Waals surface area (Å²) in [6.45, 7) is 0. The average Bonchev–Trinajstić information content (AvgIpc) is 3.60. The van der Waals surface area contributed by atoms with Crippen molar-refractivity contribution in [2.75, 3.05) is 0 Å². The van der Waals surface area contributed by atoms with Crippen LogP contribution in [0.3, 0.4) is 0 Å². The van der Waals surface area contributed by atoms with E-state index in [1.807, 2.05) is 36.4 Å². The Morgan fingerprint density at radius 1 is 0.283 bits per heavy atom. The smallest absolute Gasteiger partial charge is 0.164 e. The van der Waals surface area contributed by atoms with Gasteiger partial charge in [0.15, 0.2) is 17.5 Å². The molecule has 1 spiro atoms. The van der Waals surface area contributed by atoms with Gasteiger partial charge < -0.3 is 0 Å². The second-order valence-electron chi connectivity index (χ2n) is 16.3. The Morgan fingerprint density at radius 3 is 1.28 bits per heavy atom. The summed E-state index contributed by atoms with van der Waals surface area (Å²) >= 11 is 0. The lowest BCUT2D eigenvalue weighted by molar-refractivity contribution is 0.353. The van der Waals surface area contributed by atoms with Crippen molar-refractivity contribution in [3.63, 3.8) is 0 Å². The summed E-state index contributed by atoms with van der Waals surface area (Å²) in [5.41, 5.74) is 18.6. The Labute approximate surface area is 352 Å². The third-order valence-corrected chi connectivity index (χ3v) is 12.7. The predicted molar refractivity (Wildman–Crippen MR) is 247 cm³/mol. The third-order valence-electron chi connectivity index (χ3n) is 12.7. The number of fused-ring (bicyclic) bond motifs is 5. The fourth-order valence-corrected chi connectivity index (χ4v) is 9.83. The first-order chi connectivity index (χ1) is 29.7. The molecular formula is C57H43N3. The van der Waals surface area contributed by atoms with Crippen LogP contribution in [0.4, 0.5) is 0 Å². The number of aromatic nitrogens is 3. The van der Waals surface area contributed by atoms with Crippen molar-refractivity contribution in [2.24, 2.45) is 0 Å². The Kier molecular flexibility index (Phi) is 9.08. The standard InChI is InChI=1S/C57H43N3/c1-4-15-39(16-5-1)40-27-31-43(32-28-40)55-58-54(42-17-6-2-7-18-42)59-56(60-55)44-33-29-41(30-34-44)45-19-12-20-46(37-45)47-21-13-22-48(38-47)49-24-14-25-51-50-23-8-9-26-52(50)57(53(49)51)35-10-3-11-36-57/h1-2,4-9,12-34,37-38H,3,10-11,35-36H2. The maximum atomic E-state index is 5.03. The zero-order chi connectivity index (χ0) is 39.9. The molecule has 286 valence electrons. The summed E-state index contributed by atoms with van der Waals surface area (Å²) in [4.78, 5) is 15.0. The number of rotatable bonds is 7. The molecule has 0 radical (unpaired) electrons. The van der Waals surface area contributed by atoms with Gasteiger partial charge in [-0.2, -0.15) is 0 Å². The van der Waals surface area contributed by atoms with E-state index in [9.17, 15) is 0 Å². The van der Waals surface area contributed by atoms with Crippen LogP contribution in [-0.4, -0.2) is 15.0 Å². The number of hydrogen-bond donors (Lipinski definition) is 0. The van der Waals surface area contributed by atoms with Crippen LogP contribution in [0.1, 0.15) is 43.2 Å². The van der Waals surface area contributed by atoms with Gasteiger partial charge in [0.2, 0.25) is 0 Å². The molecule has 2 aliphatic carbocycles. The van der Waals surface area contributed by atoms with Gasteiger partial charge in [-0.05, 0) is 91.7 Å². The molecular weight excluding hydrogens is 727 g/mol. The fraction of sp³-hybridized carbons (Fsp3) is 0.105. The molecule has 0 unspecified atom stereocenters. The highest BCUT2D eigenvalue weighted by molar-refractivity contribution is 5.89. The molecule has 60 heavy (non-hydrogen) atoms. The van der Waals surface area contributed by atoms with Gasteiger partial charge in [-0.3, -0.25) is 0 Å². The molecule has 8 aromatic carbocycles. The normalized spacial score (nSPS) is 13.8. The molecule has 0 N–H and O–H groups in total. The minimum Gasteiger partial charge on any atom is -0.208 e. The van der Waals surface area contributed by atoms with Crippen LogP contribution >= 0.6 is 0 Å². The van der Waals surface area contributed by atoms with Crippen molar-refractivity contribution >= 4 is 0 Å². The molecule has 0 bridgehead atoms. The SMILES string of the molecule is c1ccc(-c2ccc(-c3nc(-c4ccccc4)nc(-c4ccc(-c5cccc(-c6cccc(-c7cccc8c7C7(CCCCC7)c7ccccc7-8)c6)c5)cc4)n3)cc2)cc1. The van der Waals surface area contributed by atoms with Crippen LogP contribution in [0.2, 0.25) is 0 Å². The predicted octanol–water partition coefficient (Wildman–Crippen LogP) is 14.8. The van der Waals surface area contributed by atoms with Crippen molar-refractivity contribution in [3.05, 3.63) is 211 Å². The topological polar surface area (TPSA) is 38.7 Å². The Hall–Kier alpha value is -7.23. The molecule has 3 nitrogen and oxygen atoms in total. The van der Waals surface area contributed by atoms with E-state index in [1.165, 1.54) is 82.2 Å². The summed E-state index contributed by atoms with van der Waals surface area (Å²) in [5, 5.41) is 0. The van der Waals surface area contributed by atoms with Gasteiger partial charge in [0.1, 0.15) is 0 Å². The van der Waals surface area contributed by atoms with Crippen molar-refractivity contribution < 1.29 is 0 Å². The Bertz CT molecular complexity index is 2980. The summed E-state index contributed by atoms with van der Waals surface area (Å²) in [6.07, 6.45) is 6.34. The van der Waals surface area contributed by atoms with Gasteiger partial charge in [0.05, 0.1) is 0 Å². The second-order valence-corrected chi connectivity index (χ2v) is 16.3. The number of nitrogens with zero attached hydrogens (tertiary/aromatic N) is 3. The monoisotopic (exact) mass is 769 g/mol. The van der Waals surface area contributed by atoms with Crippen molar-refractivity contribution in [2.45, 2.75) is 37.5 Å². The lowest BCUT2D eigenvalue weighted by atomic mass is 9.66. The minimum atomic E-state index is 0.100. The molecule has 1 saturated carbocycles. The van der Waals surface area contributed by atoms with E-state index in [4.69, 9.17) is 15.0 Å². The van der Waals surface area contributed by atoms with E-state index < -0.39 is 0 Å². The molecule has 0 atom stereocenters. The first kappa shape index (κ1) is 35.9. The van der Waals surface area contributed by atoms with Crippen LogP contribution in [0.15, 0.2) is 200 Å². The Balaban J connectivity index is 0.912.